The zero-order chi connectivity index (χ0) is 15.1. The maximum atomic E-state index is 11.6. The first kappa shape index (κ1) is 15.7. The van der Waals surface area contributed by atoms with E-state index >= 15 is 0 Å². The smallest absolute Gasteiger partial charge is 0.226 e. The third kappa shape index (κ3) is 5.28. The fourth-order valence-corrected chi connectivity index (χ4v) is 2.44. The summed E-state index contributed by atoms with van der Waals surface area (Å²) < 4.78 is 5.18. The second-order valence-electron chi connectivity index (χ2n) is 4.96. The Morgan fingerprint density at radius 1 is 1.57 bits per heavy atom. The van der Waals surface area contributed by atoms with Crippen molar-refractivity contribution in [3.8, 4) is 10.7 Å². The lowest BCUT2D eigenvalue weighted by Crippen LogP contribution is -2.28. The Labute approximate surface area is 127 Å². The van der Waals surface area contributed by atoms with Crippen LogP contribution in [-0.4, -0.2) is 28.6 Å². The highest BCUT2D eigenvalue weighted by atomic mass is 32.1. The zero-order valence-corrected chi connectivity index (χ0v) is 12.9. The number of rotatable bonds is 8. The van der Waals surface area contributed by atoms with Gasteiger partial charge in [0.1, 0.15) is 0 Å². The van der Waals surface area contributed by atoms with Crippen LogP contribution in [0.2, 0.25) is 0 Å². The number of thiophene rings is 1. The van der Waals surface area contributed by atoms with E-state index in [2.05, 4.69) is 15.5 Å². The summed E-state index contributed by atoms with van der Waals surface area (Å²) in [6.07, 6.45) is 2.55. The van der Waals surface area contributed by atoms with Gasteiger partial charge in [-0.15, -0.1) is 11.3 Å². The maximum absolute atomic E-state index is 11.6. The molecule has 2 heterocycles. The highest BCUT2D eigenvalue weighted by molar-refractivity contribution is 7.13. The average molecular weight is 308 g/mol. The van der Waals surface area contributed by atoms with Gasteiger partial charge in [0.25, 0.3) is 0 Å². The van der Waals surface area contributed by atoms with E-state index < -0.39 is 0 Å². The molecule has 21 heavy (non-hydrogen) atoms. The SMILES string of the molecule is CC(N)CCNC(=O)CCCc1nc(-c2cccs2)no1. The molecule has 2 rings (SSSR count). The summed E-state index contributed by atoms with van der Waals surface area (Å²) in [5.41, 5.74) is 5.62. The molecule has 6 nitrogen and oxygen atoms in total. The zero-order valence-electron chi connectivity index (χ0n) is 12.0. The molecule has 0 fully saturated rings. The van der Waals surface area contributed by atoms with Crippen molar-refractivity contribution in [2.75, 3.05) is 6.54 Å². The van der Waals surface area contributed by atoms with Crippen molar-refractivity contribution in [1.82, 2.24) is 15.5 Å². The first-order chi connectivity index (χ1) is 10.1. The minimum atomic E-state index is 0.0358. The lowest BCUT2D eigenvalue weighted by molar-refractivity contribution is -0.121. The Morgan fingerprint density at radius 2 is 2.43 bits per heavy atom. The number of aryl methyl sites for hydroxylation is 1. The van der Waals surface area contributed by atoms with Gasteiger partial charge in [0, 0.05) is 25.4 Å². The van der Waals surface area contributed by atoms with Crippen LogP contribution in [0, 0.1) is 0 Å². The standard InChI is InChI=1S/C14H20N4O2S/c1-10(15)7-8-16-12(19)5-2-6-13-17-14(18-20-13)11-4-3-9-21-11/h3-4,9-10H,2,5-8,15H2,1H3,(H,16,19). The molecule has 1 atom stereocenters. The Morgan fingerprint density at radius 3 is 3.14 bits per heavy atom. The lowest BCUT2D eigenvalue weighted by atomic mass is 10.2. The van der Waals surface area contributed by atoms with E-state index in [1.807, 2.05) is 24.4 Å². The molecule has 0 aliphatic carbocycles. The van der Waals surface area contributed by atoms with Crippen LogP contribution in [0.4, 0.5) is 0 Å². The van der Waals surface area contributed by atoms with Gasteiger partial charge >= 0.3 is 0 Å². The molecule has 7 heteroatoms. The molecule has 0 bridgehead atoms. The van der Waals surface area contributed by atoms with Crippen LogP contribution < -0.4 is 11.1 Å². The number of hydrogen-bond donors (Lipinski definition) is 2. The van der Waals surface area contributed by atoms with Gasteiger partial charge in [0.15, 0.2) is 0 Å². The molecule has 1 unspecified atom stereocenters. The average Bonchev–Trinajstić information content (AvgIpc) is 3.08. The number of aromatic nitrogens is 2. The van der Waals surface area contributed by atoms with Crippen LogP contribution in [0.15, 0.2) is 22.0 Å². The Kier molecular flexibility index (Phi) is 5.89. The van der Waals surface area contributed by atoms with E-state index in [9.17, 15) is 4.79 Å². The van der Waals surface area contributed by atoms with Crippen LogP contribution in [0.25, 0.3) is 10.7 Å². The van der Waals surface area contributed by atoms with Crippen molar-refractivity contribution in [2.45, 2.75) is 38.6 Å². The predicted molar refractivity (Wildman–Crippen MR) is 81.8 cm³/mol. The van der Waals surface area contributed by atoms with Gasteiger partial charge in [0.05, 0.1) is 4.88 Å². The van der Waals surface area contributed by atoms with E-state index in [1.165, 1.54) is 0 Å². The highest BCUT2D eigenvalue weighted by Crippen LogP contribution is 2.21. The van der Waals surface area contributed by atoms with E-state index in [-0.39, 0.29) is 11.9 Å². The summed E-state index contributed by atoms with van der Waals surface area (Å²) in [4.78, 5) is 16.9. The van der Waals surface area contributed by atoms with Gasteiger partial charge in [-0.3, -0.25) is 4.79 Å². The molecule has 3 N–H and O–H groups in total. The van der Waals surface area contributed by atoms with Gasteiger partial charge in [-0.1, -0.05) is 11.2 Å². The second kappa shape index (κ2) is 7.90. The molecule has 2 aromatic rings. The topological polar surface area (TPSA) is 94.0 Å². The summed E-state index contributed by atoms with van der Waals surface area (Å²) in [6, 6.07) is 4.01. The van der Waals surface area contributed by atoms with Crippen LogP contribution in [0.3, 0.4) is 0 Å². The van der Waals surface area contributed by atoms with E-state index in [0.717, 1.165) is 11.3 Å². The number of nitrogens with zero attached hydrogens (tertiary/aromatic N) is 2. The molecule has 2 aromatic heterocycles. The van der Waals surface area contributed by atoms with Crippen molar-refractivity contribution in [3.05, 3.63) is 23.4 Å². The van der Waals surface area contributed by atoms with Crippen molar-refractivity contribution in [1.29, 1.82) is 0 Å². The molecule has 0 aliphatic rings. The van der Waals surface area contributed by atoms with Crippen molar-refractivity contribution >= 4 is 17.2 Å². The van der Waals surface area contributed by atoms with E-state index in [1.54, 1.807) is 11.3 Å². The van der Waals surface area contributed by atoms with Crippen LogP contribution in [0.1, 0.15) is 32.1 Å². The predicted octanol–water partition coefficient (Wildman–Crippen LogP) is 1.97. The monoisotopic (exact) mass is 308 g/mol. The fraction of sp³-hybridized carbons (Fsp3) is 0.500. The second-order valence-corrected chi connectivity index (χ2v) is 5.91. The van der Waals surface area contributed by atoms with Gasteiger partial charge in [-0.25, -0.2) is 0 Å². The number of carbonyl (C=O) groups is 1. The van der Waals surface area contributed by atoms with E-state index in [0.29, 0.717) is 37.5 Å². The number of hydrogen-bond acceptors (Lipinski definition) is 6. The highest BCUT2D eigenvalue weighted by Gasteiger charge is 2.10. The Hall–Kier alpha value is -1.73. The molecule has 0 saturated carbocycles. The molecular weight excluding hydrogens is 288 g/mol. The summed E-state index contributed by atoms with van der Waals surface area (Å²) in [5, 5.41) is 8.75. The van der Waals surface area contributed by atoms with Gasteiger partial charge in [0.2, 0.25) is 17.6 Å². The number of nitrogens with two attached hydrogens (primary N) is 1. The normalized spacial score (nSPS) is 12.3. The molecule has 0 spiro atoms. The first-order valence-electron chi connectivity index (χ1n) is 7.04. The first-order valence-corrected chi connectivity index (χ1v) is 7.92. The molecule has 0 radical (unpaired) electrons. The fourth-order valence-electron chi connectivity index (χ4n) is 1.79. The molecule has 0 aliphatic heterocycles. The van der Waals surface area contributed by atoms with Crippen molar-refractivity contribution < 1.29 is 9.32 Å². The third-order valence-electron chi connectivity index (χ3n) is 2.93. The molecule has 0 saturated heterocycles. The largest absolute Gasteiger partial charge is 0.356 e. The molecule has 0 aromatic carbocycles. The van der Waals surface area contributed by atoms with Gasteiger partial charge < -0.3 is 15.6 Å². The molecule has 114 valence electrons. The van der Waals surface area contributed by atoms with Crippen LogP contribution in [-0.2, 0) is 11.2 Å². The van der Waals surface area contributed by atoms with Gasteiger partial charge in [-0.05, 0) is 31.2 Å². The minimum Gasteiger partial charge on any atom is -0.356 e. The molecular formula is C14H20N4O2S. The summed E-state index contributed by atoms with van der Waals surface area (Å²) in [7, 11) is 0. The van der Waals surface area contributed by atoms with Gasteiger partial charge in [-0.2, -0.15) is 4.98 Å². The third-order valence-corrected chi connectivity index (χ3v) is 3.79. The Bertz CT molecular complexity index is 551. The number of carbonyl (C=O) groups excluding carboxylic acids is 1. The van der Waals surface area contributed by atoms with Crippen molar-refractivity contribution in [2.24, 2.45) is 5.73 Å². The van der Waals surface area contributed by atoms with Crippen LogP contribution >= 0.6 is 11.3 Å². The summed E-state index contributed by atoms with van der Waals surface area (Å²) in [6.45, 7) is 2.55. The van der Waals surface area contributed by atoms with Crippen molar-refractivity contribution in [3.63, 3.8) is 0 Å². The summed E-state index contributed by atoms with van der Waals surface area (Å²) in [5.74, 6) is 1.22. The van der Waals surface area contributed by atoms with E-state index in [4.69, 9.17) is 10.3 Å². The quantitative estimate of drug-likeness (QED) is 0.777. The summed E-state index contributed by atoms with van der Waals surface area (Å²) >= 11 is 1.57. The maximum Gasteiger partial charge on any atom is 0.226 e. The lowest BCUT2D eigenvalue weighted by Gasteiger charge is -2.06. The Balaban J connectivity index is 1.68. The van der Waals surface area contributed by atoms with Crippen LogP contribution in [0.5, 0.6) is 0 Å². The number of nitrogens with one attached hydrogen (secondary N) is 1. The molecule has 1 amide bonds. The minimum absolute atomic E-state index is 0.0358. The number of amides is 1.